The maximum absolute atomic E-state index is 12.9. The van der Waals surface area contributed by atoms with Crippen molar-refractivity contribution < 1.29 is 9.59 Å². The number of halogens is 1. The molecular formula is C28H30ClN3O2. The third-order valence-corrected chi connectivity index (χ3v) is 6.52. The molecule has 0 aromatic heterocycles. The smallest absolute Gasteiger partial charge is 0.321 e. The predicted octanol–water partition coefficient (Wildman–Crippen LogP) is 6.24. The second-order valence-corrected chi connectivity index (χ2v) is 9.14. The molecule has 1 saturated heterocycles. The second-order valence-electron chi connectivity index (χ2n) is 8.70. The highest BCUT2D eigenvalue weighted by Crippen LogP contribution is 2.28. The van der Waals surface area contributed by atoms with Gasteiger partial charge in [-0.15, -0.1) is 0 Å². The summed E-state index contributed by atoms with van der Waals surface area (Å²) in [5.41, 5.74) is 4.71. The van der Waals surface area contributed by atoms with Crippen LogP contribution in [0.1, 0.15) is 52.7 Å². The highest BCUT2D eigenvalue weighted by atomic mass is 35.5. The Morgan fingerprint density at radius 3 is 2.56 bits per heavy atom. The van der Waals surface area contributed by atoms with Gasteiger partial charge < -0.3 is 15.5 Å². The Kier molecular flexibility index (Phi) is 7.86. The Hall–Kier alpha value is -3.31. The van der Waals surface area contributed by atoms with Crippen LogP contribution in [0.4, 0.5) is 10.5 Å². The van der Waals surface area contributed by atoms with Crippen molar-refractivity contribution in [2.45, 2.75) is 38.6 Å². The van der Waals surface area contributed by atoms with Crippen molar-refractivity contribution in [3.8, 4) is 0 Å². The minimum Gasteiger partial charge on any atom is -0.348 e. The predicted molar refractivity (Wildman–Crippen MR) is 137 cm³/mol. The Morgan fingerprint density at radius 2 is 1.79 bits per heavy atom. The average molecular weight is 476 g/mol. The van der Waals surface area contributed by atoms with E-state index in [-0.39, 0.29) is 17.9 Å². The zero-order valence-electron chi connectivity index (χ0n) is 19.4. The average Bonchev–Trinajstić information content (AvgIpc) is 2.88. The molecule has 3 aromatic carbocycles. The van der Waals surface area contributed by atoms with Crippen LogP contribution in [0.2, 0.25) is 5.02 Å². The van der Waals surface area contributed by atoms with Gasteiger partial charge in [-0.05, 0) is 72.4 Å². The summed E-state index contributed by atoms with van der Waals surface area (Å²) in [6.07, 6.45) is 2.89. The summed E-state index contributed by atoms with van der Waals surface area (Å²) in [4.78, 5) is 27.5. The van der Waals surface area contributed by atoms with Crippen molar-refractivity contribution >= 4 is 29.2 Å². The van der Waals surface area contributed by atoms with Gasteiger partial charge in [-0.3, -0.25) is 4.79 Å². The first-order valence-electron chi connectivity index (χ1n) is 11.8. The molecule has 1 aliphatic heterocycles. The van der Waals surface area contributed by atoms with Gasteiger partial charge in [-0.2, -0.15) is 0 Å². The number of hydrogen-bond donors (Lipinski definition) is 2. The first kappa shape index (κ1) is 23.8. The number of nitrogens with one attached hydrogen (secondary N) is 2. The summed E-state index contributed by atoms with van der Waals surface area (Å²) in [7, 11) is 0. The van der Waals surface area contributed by atoms with E-state index in [0.717, 1.165) is 42.6 Å². The van der Waals surface area contributed by atoms with Gasteiger partial charge in [0.05, 0.1) is 0 Å². The lowest BCUT2D eigenvalue weighted by atomic mass is 9.89. The molecule has 0 saturated carbocycles. The molecule has 5 nitrogen and oxygen atoms in total. The van der Waals surface area contributed by atoms with E-state index in [0.29, 0.717) is 23.7 Å². The van der Waals surface area contributed by atoms with Gasteiger partial charge in [-0.1, -0.05) is 54.9 Å². The SMILES string of the molecule is CCc1ccc(NC(=O)N2CCC[C@H](c3cccc(C(=O)NCc4cccc(Cl)c4)c3)C2)cc1. The molecule has 0 spiro atoms. The molecule has 1 heterocycles. The van der Waals surface area contributed by atoms with Crippen molar-refractivity contribution in [3.05, 3.63) is 100 Å². The van der Waals surface area contributed by atoms with Crippen molar-refractivity contribution in [2.75, 3.05) is 18.4 Å². The number of rotatable bonds is 6. The standard InChI is InChI=1S/C28H30ClN3O2/c1-2-20-11-13-26(14-12-20)31-28(34)32-15-5-9-24(19-32)22-7-4-8-23(17-22)27(33)30-18-21-6-3-10-25(29)16-21/h3-4,6-8,10-14,16-17,24H,2,5,9,15,18-19H2,1H3,(H,30,33)(H,31,34)/t24-/m0/s1. The Labute approximate surface area is 206 Å². The fraction of sp³-hybridized carbons (Fsp3) is 0.286. The Bertz CT molecular complexity index is 1150. The molecule has 176 valence electrons. The van der Waals surface area contributed by atoms with E-state index >= 15 is 0 Å². The van der Waals surface area contributed by atoms with Crippen LogP contribution in [-0.4, -0.2) is 29.9 Å². The number of anilines is 1. The molecule has 1 fully saturated rings. The van der Waals surface area contributed by atoms with Gasteiger partial charge in [0.25, 0.3) is 5.91 Å². The fourth-order valence-corrected chi connectivity index (χ4v) is 4.54. The Morgan fingerprint density at radius 1 is 1.00 bits per heavy atom. The van der Waals surface area contributed by atoms with Crippen molar-refractivity contribution in [1.29, 1.82) is 0 Å². The van der Waals surface area contributed by atoms with Crippen molar-refractivity contribution in [1.82, 2.24) is 10.2 Å². The topological polar surface area (TPSA) is 61.4 Å². The summed E-state index contributed by atoms with van der Waals surface area (Å²) in [5, 5.41) is 6.63. The number of likely N-dealkylation sites (tertiary alicyclic amines) is 1. The van der Waals surface area contributed by atoms with Gasteiger partial charge in [0.1, 0.15) is 0 Å². The fourth-order valence-electron chi connectivity index (χ4n) is 4.33. The highest BCUT2D eigenvalue weighted by Gasteiger charge is 2.25. The van der Waals surface area contributed by atoms with Crippen molar-refractivity contribution in [3.63, 3.8) is 0 Å². The largest absolute Gasteiger partial charge is 0.348 e. The first-order valence-corrected chi connectivity index (χ1v) is 12.2. The molecule has 3 aromatic rings. The molecule has 6 heteroatoms. The number of hydrogen-bond acceptors (Lipinski definition) is 2. The summed E-state index contributed by atoms with van der Waals surface area (Å²) >= 11 is 6.03. The zero-order chi connectivity index (χ0) is 23.9. The third-order valence-electron chi connectivity index (χ3n) is 6.28. The maximum atomic E-state index is 12.9. The van der Waals surface area contributed by atoms with Gasteiger partial charge in [0.2, 0.25) is 0 Å². The van der Waals surface area contributed by atoms with Crippen LogP contribution in [0.15, 0.2) is 72.8 Å². The number of piperidine rings is 1. The molecule has 1 aliphatic rings. The highest BCUT2D eigenvalue weighted by molar-refractivity contribution is 6.30. The van der Waals surface area contributed by atoms with E-state index in [1.165, 1.54) is 5.56 Å². The van der Waals surface area contributed by atoms with E-state index < -0.39 is 0 Å². The van der Waals surface area contributed by atoms with E-state index in [4.69, 9.17) is 11.6 Å². The maximum Gasteiger partial charge on any atom is 0.321 e. The van der Waals surface area contributed by atoms with Gasteiger partial charge in [-0.25, -0.2) is 4.79 Å². The quantitative estimate of drug-likeness (QED) is 0.443. The molecule has 34 heavy (non-hydrogen) atoms. The third kappa shape index (κ3) is 6.17. The number of benzene rings is 3. The van der Waals surface area contributed by atoms with Crippen LogP contribution < -0.4 is 10.6 Å². The summed E-state index contributed by atoms with van der Waals surface area (Å²) in [6.45, 7) is 3.89. The number of carbonyl (C=O) groups is 2. The first-order chi connectivity index (χ1) is 16.5. The number of amides is 3. The summed E-state index contributed by atoms with van der Waals surface area (Å²) in [5.74, 6) is 0.0745. The van der Waals surface area contributed by atoms with Crippen LogP contribution in [0.25, 0.3) is 0 Å². The van der Waals surface area contributed by atoms with Crippen LogP contribution in [0, 0.1) is 0 Å². The molecule has 4 rings (SSSR count). The van der Waals surface area contributed by atoms with Crippen LogP contribution in [0.5, 0.6) is 0 Å². The molecule has 0 unspecified atom stereocenters. The second kappa shape index (κ2) is 11.2. The van der Waals surface area contributed by atoms with Crippen LogP contribution in [-0.2, 0) is 13.0 Å². The molecule has 0 radical (unpaired) electrons. The Balaban J connectivity index is 1.37. The van der Waals surface area contributed by atoms with Gasteiger partial charge in [0, 0.05) is 41.8 Å². The molecular weight excluding hydrogens is 446 g/mol. The number of aryl methyl sites for hydroxylation is 1. The van der Waals surface area contributed by atoms with E-state index in [2.05, 4.69) is 17.6 Å². The zero-order valence-corrected chi connectivity index (χ0v) is 20.1. The van der Waals surface area contributed by atoms with E-state index in [9.17, 15) is 9.59 Å². The lowest BCUT2D eigenvalue weighted by molar-refractivity contribution is 0.0950. The molecule has 0 bridgehead atoms. The minimum absolute atomic E-state index is 0.0793. The lowest BCUT2D eigenvalue weighted by Crippen LogP contribution is -2.41. The lowest BCUT2D eigenvalue weighted by Gasteiger charge is -2.33. The molecule has 0 aliphatic carbocycles. The number of urea groups is 1. The monoisotopic (exact) mass is 475 g/mol. The molecule has 3 amide bonds. The summed E-state index contributed by atoms with van der Waals surface area (Å²) < 4.78 is 0. The minimum atomic E-state index is -0.122. The summed E-state index contributed by atoms with van der Waals surface area (Å²) in [6, 6.07) is 23.1. The number of carbonyl (C=O) groups excluding carboxylic acids is 2. The molecule has 1 atom stereocenters. The van der Waals surface area contributed by atoms with E-state index in [1.54, 1.807) is 0 Å². The van der Waals surface area contributed by atoms with E-state index in [1.807, 2.05) is 77.7 Å². The van der Waals surface area contributed by atoms with Crippen LogP contribution >= 0.6 is 11.6 Å². The normalized spacial score (nSPS) is 15.6. The van der Waals surface area contributed by atoms with Gasteiger partial charge in [0.15, 0.2) is 0 Å². The molecule has 2 N–H and O–H groups in total. The van der Waals surface area contributed by atoms with Gasteiger partial charge >= 0.3 is 6.03 Å². The number of nitrogens with zero attached hydrogens (tertiary/aromatic N) is 1. The van der Waals surface area contributed by atoms with Crippen LogP contribution in [0.3, 0.4) is 0 Å². The van der Waals surface area contributed by atoms with Crippen molar-refractivity contribution in [2.24, 2.45) is 0 Å².